The number of ether oxygens (including phenoxy) is 4. The normalized spacial score (nSPS) is 10.6. The van der Waals surface area contributed by atoms with E-state index in [1.165, 1.54) is 11.3 Å². The lowest BCUT2D eigenvalue weighted by atomic mass is 10.1. The summed E-state index contributed by atoms with van der Waals surface area (Å²) < 4.78 is 21.7. The molecule has 9 heteroatoms. The number of nitrogens with zero attached hydrogens (tertiary/aromatic N) is 2. The number of methoxy groups -OCH3 is 2. The number of carboxylic acids is 1. The van der Waals surface area contributed by atoms with E-state index in [1.807, 2.05) is 49.4 Å². The van der Waals surface area contributed by atoms with E-state index in [1.54, 1.807) is 32.5 Å². The first-order chi connectivity index (χ1) is 17.0. The van der Waals surface area contributed by atoms with E-state index < -0.39 is 12.6 Å². The Bertz CT molecular complexity index is 1240. The highest BCUT2D eigenvalue weighted by atomic mass is 32.1. The first-order valence-electron chi connectivity index (χ1n) is 10.7. The van der Waals surface area contributed by atoms with Gasteiger partial charge < -0.3 is 24.1 Å². The van der Waals surface area contributed by atoms with Crippen molar-refractivity contribution in [3.63, 3.8) is 0 Å². The van der Waals surface area contributed by atoms with E-state index in [0.717, 1.165) is 38.0 Å². The number of aryl methyl sites for hydroxylation is 1. The molecule has 35 heavy (non-hydrogen) atoms. The number of hydrogen-bond acceptors (Lipinski definition) is 8. The van der Waals surface area contributed by atoms with Crippen LogP contribution in [0.4, 0.5) is 0 Å². The first-order valence-corrected chi connectivity index (χ1v) is 11.5. The van der Waals surface area contributed by atoms with Gasteiger partial charge in [0.1, 0.15) is 28.9 Å². The Kier molecular flexibility index (Phi) is 7.47. The molecule has 0 spiro atoms. The van der Waals surface area contributed by atoms with Crippen molar-refractivity contribution in [3.05, 3.63) is 71.4 Å². The van der Waals surface area contributed by atoms with Crippen LogP contribution in [0, 0.1) is 6.92 Å². The summed E-state index contributed by atoms with van der Waals surface area (Å²) in [5.41, 5.74) is 3.50. The summed E-state index contributed by atoms with van der Waals surface area (Å²) in [5, 5.41) is 9.60. The van der Waals surface area contributed by atoms with Crippen molar-refractivity contribution >= 4 is 17.3 Å². The maximum atomic E-state index is 10.7. The van der Waals surface area contributed by atoms with E-state index in [9.17, 15) is 4.79 Å². The SMILES string of the molecule is COc1ccc(-c2nc(COc3ccc(OCC(=O)O)c(C)c3)sc2-c2ccc(OC)nc2)cc1. The van der Waals surface area contributed by atoms with Crippen molar-refractivity contribution in [1.29, 1.82) is 0 Å². The minimum Gasteiger partial charge on any atom is -0.497 e. The van der Waals surface area contributed by atoms with Crippen LogP contribution in [0.25, 0.3) is 21.7 Å². The Morgan fingerprint density at radius 2 is 1.69 bits per heavy atom. The third kappa shape index (κ3) is 5.88. The van der Waals surface area contributed by atoms with Gasteiger partial charge in [0.05, 0.1) is 24.8 Å². The highest BCUT2D eigenvalue weighted by Gasteiger charge is 2.16. The average molecular weight is 493 g/mol. The molecule has 8 nitrogen and oxygen atoms in total. The van der Waals surface area contributed by atoms with Gasteiger partial charge in [-0.25, -0.2) is 14.8 Å². The van der Waals surface area contributed by atoms with Gasteiger partial charge in [0.15, 0.2) is 6.61 Å². The topological polar surface area (TPSA) is 100 Å². The zero-order valence-electron chi connectivity index (χ0n) is 19.5. The van der Waals surface area contributed by atoms with Crippen LogP contribution in [0.2, 0.25) is 0 Å². The molecule has 180 valence electrons. The summed E-state index contributed by atoms with van der Waals surface area (Å²) in [7, 11) is 3.22. The standard InChI is InChI=1S/C26H24N2O6S/c1-16-12-20(9-10-21(16)34-15-24(29)30)33-14-23-28-25(17-4-7-19(31-2)8-5-17)26(35-23)18-6-11-22(32-3)27-13-18/h4-13H,14-15H2,1-3H3,(H,29,30). The molecule has 0 fully saturated rings. The number of hydrogen-bond donors (Lipinski definition) is 1. The maximum Gasteiger partial charge on any atom is 0.341 e. The molecule has 0 unspecified atom stereocenters. The number of benzene rings is 2. The summed E-state index contributed by atoms with van der Waals surface area (Å²) in [6.45, 7) is 1.72. The number of thiazole rings is 1. The average Bonchev–Trinajstić information content (AvgIpc) is 3.31. The molecule has 0 atom stereocenters. The molecule has 1 N–H and O–H groups in total. The van der Waals surface area contributed by atoms with Gasteiger partial charge in [-0.2, -0.15) is 0 Å². The van der Waals surface area contributed by atoms with E-state index in [2.05, 4.69) is 4.98 Å². The van der Waals surface area contributed by atoms with Crippen molar-refractivity contribution in [2.75, 3.05) is 20.8 Å². The largest absolute Gasteiger partial charge is 0.497 e. The number of aliphatic carboxylic acids is 1. The smallest absolute Gasteiger partial charge is 0.341 e. The van der Waals surface area contributed by atoms with Gasteiger partial charge in [-0.3, -0.25) is 0 Å². The zero-order valence-corrected chi connectivity index (χ0v) is 20.3. The molecule has 0 aliphatic rings. The van der Waals surface area contributed by atoms with E-state index in [0.29, 0.717) is 17.4 Å². The Balaban J connectivity index is 1.58. The summed E-state index contributed by atoms with van der Waals surface area (Å²) in [5.74, 6) is 1.43. The predicted molar refractivity (Wildman–Crippen MR) is 133 cm³/mol. The number of rotatable bonds is 10. The second-order valence-corrected chi connectivity index (χ2v) is 8.59. The lowest BCUT2D eigenvalue weighted by Crippen LogP contribution is -2.10. The molecule has 0 saturated carbocycles. The van der Waals surface area contributed by atoms with Crippen LogP contribution in [0.1, 0.15) is 10.6 Å². The van der Waals surface area contributed by atoms with Crippen LogP contribution < -0.4 is 18.9 Å². The molecule has 4 rings (SSSR count). The fraction of sp³-hybridized carbons (Fsp3) is 0.192. The second kappa shape index (κ2) is 10.9. The summed E-state index contributed by atoms with van der Waals surface area (Å²) in [4.78, 5) is 20.9. The fourth-order valence-corrected chi connectivity index (χ4v) is 4.35. The lowest BCUT2D eigenvalue weighted by molar-refractivity contribution is -0.139. The third-order valence-electron chi connectivity index (χ3n) is 5.10. The van der Waals surface area contributed by atoms with Gasteiger partial charge in [0.25, 0.3) is 0 Å². The van der Waals surface area contributed by atoms with Gasteiger partial charge in [-0.15, -0.1) is 11.3 Å². The van der Waals surface area contributed by atoms with Crippen molar-refractivity contribution in [2.24, 2.45) is 0 Å². The molecule has 2 aromatic carbocycles. The van der Waals surface area contributed by atoms with Crippen LogP contribution in [-0.4, -0.2) is 41.9 Å². The molecule has 0 aliphatic heterocycles. The Hall–Kier alpha value is -4.11. The summed E-state index contributed by atoms with van der Waals surface area (Å²) >= 11 is 1.53. The molecule has 0 radical (unpaired) electrons. The van der Waals surface area contributed by atoms with Crippen LogP contribution in [0.15, 0.2) is 60.8 Å². The van der Waals surface area contributed by atoms with Gasteiger partial charge in [0.2, 0.25) is 5.88 Å². The molecule has 0 amide bonds. The predicted octanol–water partition coefficient (Wildman–Crippen LogP) is 5.24. The van der Waals surface area contributed by atoms with Crippen molar-refractivity contribution < 1.29 is 28.8 Å². The summed E-state index contributed by atoms with van der Waals surface area (Å²) in [6, 6.07) is 16.8. The Morgan fingerprint density at radius 3 is 2.31 bits per heavy atom. The summed E-state index contributed by atoms with van der Waals surface area (Å²) in [6.07, 6.45) is 1.77. The van der Waals surface area contributed by atoms with E-state index in [4.69, 9.17) is 29.0 Å². The molecule has 0 saturated heterocycles. The molecular formula is C26H24N2O6S. The molecular weight excluding hydrogens is 468 g/mol. The molecule has 0 aliphatic carbocycles. The van der Waals surface area contributed by atoms with Crippen LogP contribution >= 0.6 is 11.3 Å². The van der Waals surface area contributed by atoms with E-state index >= 15 is 0 Å². The number of aromatic nitrogens is 2. The Morgan fingerprint density at radius 1 is 0.943 bits per heavy atom. The molecule has 2 heterocycles. The van der Waals surface area contributed by atoms with Crippen molar-refractivity contribution in [1.82, 2.24) is 9.97 Å². The Labute approximate surface area is 206 Å². The van der Waals surface area contributed by atoms with Crippen molar-refractivity contribution in [2.45, 2.75) is 13.5 Å². The highest BCUT2D eigenvalue weighted by Crippen LogP contribution is 2.38. The lowest BCUT2D eigenvalue weighted by Gasteiger charge is -2.09. The molecule has 4 aromatic rings. The zero-order chi connectivity index (χ0) is 24.8. The van der Waals surface area contributed by atoms with Crippen LogP contribution in [0.3, 0.4) is 0 Å². The van der Waals surface area contributed by atoms with Gasteiger partial charge >= 0.3 is 5.97 Å². The number of pyridine rings is 1. The number of carbonyl (C=O) groups is 1. The van der Waals surface area contributed by atoms with Gasteiger partial charge in [-0.05, 0) is 61.0 Å². The minimum atomic E-state index is -1.02. The fourth-order valence-electron chi connectivity index (χ4n) is 3.36. The third-order valence-corrected chi connectivity index (χ3v) is 6.18. The van der Waals surface area contributed by atoms with Crippen LogP contribution in [-0.2, 0) is 11.4 Å². The van der Waals surface area contributed by atoms with Crippen molar-refractivity contribution in [3.8, 4) is 44.8 Å². The quantitative estimate of drug-likeness (QED) is 0.321. The van der Waals surface area contributed by atoms with Gasteiger partial charge in [0, 0.05) is 23.4 Å². The van der Waals surface area contributed by atoms with Crippen LogP contribution in [0.5, 0.6) is 23.1 Å². The first kappa shape index (κ1) is 24.0. The second-order valence-electron chi connectivity index (χ2n) is 7.50. The monoisotopic (exact) mass is 492 g/mol. The highest BCUT2D eigenvalue weighted by molar-refractivity contribution is 7.15. The minimum absolute atomic E-state index is 0.270. The molecule has 2 aromatic heterocycles. The molecule has 0 bridgehead atoms. The maximum absolute atomic E-state index is 10.7. The number of carboxylic acid groups (broad SMARTS) is 1. The van der Waals surface area contributed by atoms with Gasteiger partial charge in [-0.1, -0.05) is 0 Å². The van der Waals surface area contributed by atoms with E-state index in [-0.39, 0.29) is 6.61 Å².